The number of hydrogen-bond donors (Lipinski definition) is 3. The molecule has 0 aromatic heterocycles. The number of carbonyl (C=O) groups excluding carboxylic acids is 3. The molecule has 2 fully saturated rings. The Bertz CT molecular complexity index is 929. The van der Waals surface area contributed by atoms with Gasteiger partial charge in [-0.15, -0.1) is 0 Å². The normalized spacial score (nSPS) is 25.3. The lowest BCUT2D eigenvalue weighted by Crippen LogP contribution is -2.55. The van der Waals surface area contributed by atoms with Gasteiger partial charge in [-0.1, -0.05) is 19.1 Å². The number of nitrogens with zero attached hydrogens (tertiary/aromatic N) is 1. The number of carbonyl (C=O) groups is 3. The first-order valence-electron chi connectivity index (χ1n) is 13.8. The van der Waals surface area contributed by atoms with E-state index in [1.54, 1.807) is 0 Å². The Morgan fingerprint density at radius 1 is 1.11 bits per heavy atom. The highest BCUT2D eigenvalue weighted by atomic mass is 16.5. The fourth-order valence-corrected chi connectivity index (χ4v) is 4.72. The smallest absolute Gasteiger partial charge is 0.243 e. The van der Waals surface area contributed by atoms with Crippen molar-refractivity contribution in [3.8, 4) is 5.75 Å². The highest BCUT2D eigenvalue weighted by Crippen LogP contribution is 2.44. The van der Waals surface area contributed by atoms with Gasteiger partial charge in [0.25, 0.3) is 0 Å². The Labute approximate surface area is 220 Å². The van der Waals surface area contributed by atoms with Crippen LogP contribution in [0.25, 0.3) is 0 Å². The molecule has 0 spiro atoms. The maximum atomic E-state index is 13.4. The van der Waals surface area contributed by atoms with Crippen molar-refractivity contribution >= 4 is 17.7 Å². The molecule has 3 amide bonds. The maximum absolute atomic E-state index is 13.4. The van der Waals surface area contributed by atoms with E-state index in [1.165, 1.54) is 0 Å². The standard InChI is InChI=1S/C28H42N4O5/c1-28(11-12-28)20-29-26(34)23-7-2-3-16-37-22-6-4-5-21(19-22)8-9-25(33)30-24(27(35)31-23)10-13-32-14-17-36-18-15-32/h4-6,19,23-24H,2-3,7-18,20H2,1H3,(H,29,34)(H,30,33)(H,31,35)/t23-,24-/m0/s1. The van der Waals surface area contributed by atoms with Crippen molar-refractivity contribution in [3.05, 3.63) is 29.8 Å². The molecule has 3 aliphatic rings. The summed E-state index contributed by atoms with van der Waals surface area (Å²) in [4.78, 5) is 41.6. The maximum Gasteiger partial charge on any atom is 0.243 e. The number of fused-ring (bicyclic) bond motifs is 2. The van der Waals surface area contributed by atoms with E-state index in [-0.39, 0.29) is 29.6 Å². The lowest BCUT2D eigenvalue weighted by Gasteiger charge is -2.29. The first kappa shape index (κ1) is 27.4. The van der Waals surface area contributed by atoms with Gasteiger partial charge in [-0.3, -0.25) is 19.3 Å². The van der Waals surface area contributed by atoms with Gasteiger partial charge in [-0.2, -0.15) is 0 Å². The molecular weight excluding hydrogens is 472 g/mol. The molecule has 2 bridgehead atoms. The SMILES string of the molecule is CC1(CNC(=O)[C@@H]2CCCCOc3cccc(c3)CCC(=O)N[C@@H](CCN3CCOCC3)C(=O)N2)CC1. The van der Waals surface area contributed by atoms with Gasteiger partial charge in [0.15, 0.2) is 0 Å². The molecular formula is C28H42N4O5. The first-order chi connectivity index (χ1) is 17.9. The average Bonchev–Trinajstić information content (AvgIpc) is 3.65. The van der Waals surface area contributed by atoms with Crippen LogP contribution in [-0.4, -0.2) is 80.7 Å². The zero-order valence-electron chi connectivity index (χ0n) is 22.1. The molecule has 204 valence electrons. The van der Waals surface area contributed by atoms with E-state index >= 15 is 0 Å². The molecule has 9 nitrogen and oxygen atoms in total. The molecule has 1 aromatic carbocycles. The number of hydrogen-bond acceptors (Lipinski definition) is 6. The third-order valence-electron chi connectivity index (χ3n) is 7.61. The van der Waals surface area contributed by atoms with E-state index in [0.717, 1.165) is 50.1 Å². The van der Waals surface area contributed by atoms with Gasteiger partial charge >= 0.3 is 0 Å². The quantitative estimate of drug-likeness (QED) is 0.534. The van der Waals surface area contributed by atoms with Crippen LogP contribution in [0.3, 0.4) is 0 Å². The van der Waals surface area contributed by atoms with Crippen molar-refractivity contribution < 1.29 is 23.9 Å². The Morgan fingerprint density at radius 2 is 1.92 bits per heavy atom. The summed E-state index contributed by atoms with van der Waals surface area (Å²) in [6.45, 7) is 6.96. The Hall–Kier alpha value is -2.65. The summed E-state index contributed by atoms with van der Waals surface area (Å²) in [5, 5.41) is 8.97. The zero-order valence-corrected chi connectivity index (χ0v) is 22.1. The molecule has 37 heavy (non-hydrogen) atoms. The number of ether oxygens (including phenoxy) is 2. The second kappa shape index (κ2) is 13.2. The molecule has 3 N–H and O–H groups in total. The Kier molecular flexibility index (Phi) is 9.80. The number of morpholine rings is 1. The molecule has 9 heteroatoms. The summed E-state index contributed by atoms with van der Waals surface area (Å²) in [6, 6.07) is 6.46. The Morgan fingerprint density at radius 3 is 2.70 bits per heavy atom. The highest BCUT2D eigenvalue weighted by molar-refractivity contribution is 5.92. The number of benzene rings is 1. The molecule has 2 heterocycles. The summed E-state index contributed by atoms with van der Waals surface area (Å²) in [5.74, 6) is 0.149. The van der Waals surface area contributed by atoms with Gasteiger partial charge in [0.1, 0.15) is 17.8 Å². The van der Waals surface area contributed by atoms with E-state index in [1.807, 2.05) is 24.3 Å². The van der Waals surface area contributed by atoms with Gasteiger partial charge < -0.3 is 25.4 Å². The minimum absolute atomic E-state index is 0.158. The van der Waals surface area contributed by atoms with E-state index in [9.17, 15) is 14.4 Å². The molecule has 1 saturated heterocycles. The van der Waals surface area contributed by atoms with Gasteiger partial charge in [-0.05, 0) is 68.1 Å². The van der Waals surface area contributed by atoms with Gasteiger partial charge in [0.2, 0.25) is 17.7 Å². The van der Waals surface area contributed by atoms with Crippen LogP contribution >= 0.6 is 0 Å². The van der Waals surface area contributed by atoms with Crippen molar-refractivity contribution in [2.45, 2.75) is 70.4 Å². The number of aryl methyl sites for hydroxylation is 1. The first-order valence-corrected chi connectivity index (χ1v) is 13.8. The second-order valence-corrected chi connectivity index (χ2v) is 10.9. The van der Waals surface area contributed by atoms with Crippen LogP contribution in [0.5, 0.6) is 5.75 Å². The monoisotopic (exact) mass is 514 g/mol. The predicted molar refractivity (Wildman–Crippen MR) is 140 cm³/mol. The molecule has 0 unspecified atom stereocenters. The van der Waals surface area contributed by atoms with Crippen molar-refractivity contribution in [2.24, 2.45) is 5.41 Å². The number of amides is 3. The van der Waals surface area contributed by atoms with E-state index in [4.69, 9.17) is 9.47 Å². The third-order valence-corrected chi connectivity index (χ3v) is 7.61. The molecule has 1 aromatic rings. The summed E-state index contributed by atoms with van der Waals surface area (Å²) < 4.78 is 11.3. The highest BCUT2D eigenvalue weighted by Gasteiger charge is 2.38. The van der Waals surface area contributed by atoms with Crippen LogP contribution in [0.4, 0.5) is 0 Å². The Balaban J connectivity index is 1.45. The molecule has 2 aliphatic heterocycles. The van der Waals surface area contributed by atoms with Gasteiger partial charge in [0, 0.05) is 32.6 Å². The van der Waals surface area contributed by atoms with E-state index in [2.05, 4.69) is 27.8 Å². The number of nitrogens with one attached hydrogen (secondary N) is 3. The van der Waals surface area contributed by atoms with E-state index in [0.29, 0.717) is 52.2 Å². The van der Waals surface area contributed by atoms with Crippen LogP contribution in [0, 0.1) is 5.41 Å². The third kappa shape index (κ3) is 9.00. The minimum Gasteiger partial charge on any atom is -0.494 e. The van der Waals surface area contributed by atoms with Crippen LogP contribution in [-0.2, 0) is 25.5 Å². The van der Waals surface area contributed by atoms with Gasteiger partial charge in [-0.25, -0.2) is 0 Å². The van der Waals surface area contributed by atoms with Crippen molar-refractivity contribution in [1.82, 2.24) is 20.9 Å². The van der Waals surface area contributed by atoms with Crippen LogP contribution < -0.4 is 20.7 Å². The van der Waals surface area contributed by atoms with Crippen LogP contribution in [0.1, 0.15) is 57.4 Å². The molecule has 2 atom stereocenters. The summed E-state index contributed by atoms with van der Waals surface area (Å²) in [7, 11) is 0. The fourth-order valence-electron chi connectivity index (χ4n) is 4.72. The average molecular weight is 515 g/mol. The molecule has 0 radical (unpaired) electrons. The summed E-state index contributed by atoms with van der Waals surface area (Å²) in [5.41, 5.74) is 1.20. The largest absolute Gasteiger partial charge is 0.494 e. The van der Waals surface area contributed by atoms with Crippen molar-refractivity contribution in [3.63, 3.8) is 0 Å². The lowest BCUT2D eigenvalue weighted by molar-refractivity contribution is -0.132. The van der Waals surface area contributed by atoms with Gasteiger partial charge in [0.05, 0.1) is 19.8 Å². The fraction of sp³-hybridized carbons (Fsp3) is 0.679. The molecule has 1 saturated carbocycles. The van der Waals surface area contributed by atoms with Crippen LogP contribution in [0.15, 0.2) is 24.3 Å². The van der Waals surface area contributed by atoms with Crippen molar-refractivity contribution in [1.29, 1.82) is 0 Å². The summed E-state index contributed by atoms with van der Waals surface area (Å²) in [6.07, 6.45) is 5.56. The van der Waals surface area contributed by atoms with Crippen LogP contribution in [0.2, 0.25) is 0 Å². The van der Waals surface area contributed by atoms with E-state index < -0.39 is 12.1 Å². The number of rotatable bonds is 6. The minimum atomic E-state index is -0.700. The van der Waals surface area contributed by atoms with Crippen molar-refractivity contribution in [2.75, 3.05) is 46.0 Å². The summed E-state index contributed by atoms with van der Waals surface area (Å²) >= 11 is 0. The topological polar surface area (TPSA) is 109 Å². The lowest BCUT2D eigenvalue weighted by atomic mass is 10.1. The second-order valence-electron chi connectivity index (χ2n) is 10.9. The zero-order chi connectivity index (χ0) is 26.1. The molecule has 4 rings (SSSR count). The predicted octanol–water partition coefficient (Wildman–Crippen LogP) is 1.79. The molecule has 1 aliphatic carbocycles.